The maximum Gasteiger partial charge on any atom is 0.254 e. The number of hydrogen-bond donors (Lipinski definition) is 3. The molecule has 1 aromatic carbocycles. The number of hydrogen-bond acceptors (Lipinski definition) is 6. The zero-order chi connectivity index (χ0) is 23.5. The van der Waals surface area contributed by atoms with E-state index in [1.54, 1.807) is 12.4 Å². The standard InChI is InChI=1S/C26H24FN7O.CH4/c27-16-7-9-34-21(14-29-24(34)10-16)17-4-5-19(25-18(17)12-30-26(25)35)31-22-2-1-3-23(32-22)33-8-6-15-11-28-13-20(15)33;/h1-5,7,9-10,14-15,20,28H,6,8,11-13H2,(H,30,35)(H,31,32);1H4/t15-,20+;/m0./s1. The molecule has 2 saturated heterocycles. The molecule has 3 aliphatic rings. The molecule has 4 aromatic rings. The summed E-state index contributed by atoms with van der Waals surface area (Å²) < 4.78 is 15.5. The number of carbonyl (C=O) groups excluding carboxylic acids is 1. The van der Waals surface area contributed by atoms with E-state index in [0.717, 1.165) is 42.3 Å². The fraction of sp³-hybridized carbons (Fsp3) is 0.296. The van der Waals surface area contributed by atoms with Crippen molar-refractivity contribution in [2.45, 2.75) is 26.4 Å². The van der Waals surface area contributed by atoms with Gasteiger partial charge in [-0.2, -0.15) is 0 Å². The van der Waals surface area contributed by atoms with Crippen LogP contribution in [0.5, 0.6) is 0 Å². The summed E-state index contributed by atoms with van der Waals surface area (Å²) in [7, 11) is 0. The Hall–Kier alpha value is -3.98. The van der Waals surface area contributed by atoms with Crippen LogP contribution in [0.3, 0.4) is 0 Å². The molecule has 0 spiro atoms. The van der Waals surface area contributed by atoms with E-state index in [1.807, 2.05) is 28.7 Å². The van der Waals surface area contributed by atoms with Crippen LogP contribution in [0.25, 0.3) is 16.9 Å². The SMILES string of the molecule is C.O=C1NCc2c(-c3cnc4cc(F)ccn34)ccc(Nc3cccc(N4CC[C@H]5CNC[C@H]54)n3)c21. The van der Waals surface area contributed by atoms with Gasteiger partial charge < -0.3 is 20.9 Å². The van der Waals surface area contributed by atoms with Crippen molar-refractivity contribution < 1.29 is 9.18 Å². The highest BCUT2D eigenvalue weighted by Gasteiger charge is 2.38. The molecule has 2 fully saturated rings. The molecule has 1 amide bonds. The van der Waals surface area contributed by atoms with Gasteiger partial charge >= 0.3 is 0 Å². The summed E-state index contributed by atoms with van der Waals surface area (Å²) in [5.74, 6) is 1.89. The molecule has 0 radical (unpaired) electrons. The smallest absolute Gasteiger partial charge is 0.254 e. The number of nitrogens with zero attached hydrogens (tertiary/aromatic N) is 4. The molecular formula is C27H28FN7O. The van der Waals surface area contributed by atoms with Crippen molar-refractivity contribution in [3.8, 4) is 11.3 Å². The van der Waals surface area contributed by atoms with Gasteiger partial charge in [-0.25, -0.2) is 14.4 Å². The molecule has 0 saturated carbocycles. The lowest BCUT2D eigenvalue weighted by molar-refractivity contribution is 0.0966. The molecular weight excluding hydrogens is 457 g/mol. The maximum atomic E-state index is 13.6. The molecule has 7 rings (SSSR count). The van der Waals surface area contributed by atoms with Gasteiger partial charge in [0.05, 0.1) is 23.1 Å². The average Bonchev–Trinajstić information content (AvgIpc) is 3.63. The molecule has 0 unspecified atom stereocenters. The predicted octanol–water partition coefficient (Wildman–Crippen LogP) is 3.96. The van der Waals surface area contributed by atoms with Crippen LogP contribution in [-0.4, -0.2) is 46.0 Å². The van der Waals surface area contributed by atoms with Crippen molar-refractivity contribution in [3.05, 3.63) is 71.8 Å². The molecule has 3 N–H and O–H groups in total. The number of fused-ring (bicyclic) bond motifs is 3. The van der Waals surface area contributed by atoms with E-state index in [4.69, 9.17) is 4.98 Å². The minimum Gasteiger partial charge on any atom is -0.352 e. The van der Waals surface area contributed by atoms with Crippen LogP contribution >= 0.6 is 0 Å². The Morgan fingerprint density at radius 1 is 1.14 bits per heavy atom. The molecule has 0 bridgehead atoms. The first-order valence-corrected chi connectivity index (χ1v) is 11.9. The number of amides is 1. The summed E-state index contributed by atoms with van der Waals surface area (Å²) in [5.41, 5.74) is 4.44. The van der Waals surface area contributed by atoms with Gasteiger partial charge in [-0.3, -0.25) is 9.20 Å². The second-order valence-corrected chi connectivity index (χ2v) is 9.39. The fourth-order valence-corrected chi connectivity index (χ4v) is 5.77. The minimum absolute atomic E-state index is 0. The summed E-state index contributed by atoms with van der Waals surface area (Å²) in [6.45, 7) is 3.51. The minimum atomic E-state index is -0.334. The number of pyridine rings is 2. The molecule has 9 heteroatoms. The normalized spacial score (nSPS) is 20.2. The summed E-state index contributed by atoms with van der Waals surface area (Å²) in [6.07, 6.45) is 4.56. The van der Waals surface area contributed by atoms with Gasteiger partial charge in [0.15, 0.2) is 0 Å². The second kappa shape index (κ2) is 8.60. The lowest BCUT2D eigenvalue weighted by atomic mass is 9.99. The first-order chi connectivity index (χ1) is 17.2. The topological polar surface area (TPSA) is 86.6 Å². The predicted molar refractivity (Wildman–Crippen MR) is 138 cm³/mol. The third-order valence-corrected chi connectivity index (χ3v) is 7.45. The van der Waals surface area contributed by atoms with Crippen LogP contribution in [0.1, 0.15) is 29.8 Å². The molecule has 6 heterocycles. The van der Waals surface area contributed by atoms with E-state index in [0.29, 0.717) is 41.2 Å². The largest absolute Gasteiger partial charge is 0.352 e. The quantitative estimate of drug-likeness (QED) is 0.406. The van der Waals surface area contributed by atoms with Crippen molar-refractivity contribution >= 4 is 28.9 Å². The second-order valence-electron chi connectivity index (χ2n) is 9.39. The van der Waals surface area contributed by atoms with Gasteiger partial charge in [-0.05, 0) is 42.2 Å². The lowest BCUT2D eigenvalue weighted by Crippen LogP contribution is -2.34. The molecule has 8 nitrogen and oxygen atoms in total. The van der Waals surface area contributed by atoms with Gasteiger partial charge in [0.1, 0.15) is 23.1 Å². The Bertz CT molecular complexity index is 1480. The van der Waals surface area contributed by atoms with E-state index < -0.39 is 0 Å². The number of halogens is 1. The van der Waals surface area contributed by atoms with Crippen LogP contribution in [-0.2, 0) is 6.54 Å². The average molecular weight is 486 g/mol. The van der Waals surface area contributed by atoms with E-state index in [9.17, 15) is 9.18 Å². The fourth-order valence-electron chi connectivity index (χ4n) is 5.77. The van der Waals surface area contributed by atoms with Crippen molar-refractivity contribution in [3.63, 3.8) is 0 Å². The number of carbonyl (C=O) groups is 1. The maximum absolute atomic E-state index is 13.6. The highest BCUT2D eigenvalue weighted by molar-refractivity contribution is 6.06. The van der Waals surface area contributed by atoms with Crippen molar-refractivity contribution in [1.29, 1.82) is 0 Å². The van der Waals surface area contributed by atoms with Crippen molar-refractivity contribution in [2.24, 2.45) is 5.92 Å². The summed E-state index contributed by atoms with van der Waals surface area (Å²) >= 11 is 0. The Balaban J connectivity index is 0.00000240. The Morgan fingerprint density at radius 2 is 2.06 bits per heavy atom. The van der Waals surface area contributed by atoms with Crippen LogP contribution in [0.2, 0.25) is 0 Å². The number of imidazole rings is 1. The van der Waals surface area contributed by atoms with E-state index in [1.165, 1.54) is 18.6 Å². The van der Waals surface area contributed by atoms with Gasteiger partial charge in [-0.1, -0.05) is 19.6 Å². The lowest BCUT2D eigenvalue weighted by Gasteiger charge is -2.25. The van der Waals surface area contributed by atoms with Gasteiger partial charge in [-0.15, -0.1) is 0 Å². The highest BCUT2D eigenvalue weighted by Crippen LogP contribution is 2.36. The zero-order valence-corrected chi connectivity index (χ0v) is 19.0. The molecule has 36 heavy (non-hydrogen) atoms. The molecule has 3 aromatic heterocycles. The summed E-state index contributed by atoms with van der Waals surface area (Å²) in [4.78, 5) is 24.5. The van der Waals surface area contributed by atoms with E-state index >= 15 is 0 Å². The van der Waals surface area contributed by atoms with Crippen molar-refractivity contribution in [2.75, 3.05) is 29.9 Å². The number of rotatable bonds is 4. The van der Waals surface area contributed by atoms with Crippen LogP contribution in [0.4, 0.5) is 21.7 Å². The first kappa shape index (κ1) is 22.5. The van der Waals surface area contributed by atoms with Crippen LogP contribution < -0.4 is 20.9 Å². The number of aromatic nitrogens is 3. The zero-order valence-electron chi connectivity index (χ0n) is 19.0. The Morgan fingerprint density at radius 3 is 2.97 bits per heavy atom. The third kappa shape index (κ3) is 3.50. The summed E-state index contributed by atoms with van der Waals surface area (Å²) in [6, 6.07) is 13.2. The molecule has 0 aliphatic carbocycles. The third-order valence-electron chi connectivity index (χ3n) is 7.45. The number of anilines is 3. The van der Waals surface area contributed by atoms with Crippen molar-refractivity contribution in [1.82, 2.24) is 25.0 Å². The monoisotopic (exact) mass is 485 g/mol. The number of benzene rings is 1. The van der Waals surface area contributed by atoms with Crippen LogP contribution in [0, 0.1) is 11.7 Å². The number of nitrogens with one attached hydrogen (secondary N) is 3. The Kier molecular flexibility index (Phi) is 5.37. The first-order valence-electron chi connectivity index (χ1n) is 11.9. The Labute approximate surface area is 208 Å². The molecule has 3 aliphatic heterocycles. The van der Waals surface area contributed by atoms with Gasteiger partial charge in [0.2, 0.25) is 0 Å². The van der Waals surface area contributed by atoms with Gasteiger partial charge in [0.25, 0.3) is 5.91 Å². The molecule has 2 atom stereocenters. The van der Waals surface area contributed by atoms with Gasteiger partial charge in [0, 0.05) is 50.0 Å². The summed E-state index contributed by atoms with van der Waals surface area (Å²) in [5, 5.41) is 9.82. The molecule has 184 valence electrons. The van der Waals surface area contributed by atoms with E-state index in [-0.39, 0.29) is 19.2 Å². The highest BCUT2D eigenvalue weighted by atomic mass is 19.1. The van der Waals surface area contributed by atoms with Crippen LogP contribution in [0.15, 0.2) is 54.9 Å². The van der Waals surface area contributed by atoms with E-state index in [2.05, 4.69) is 31.9 Å².